The van der Waals surface area contributed by atoms with Crippen LogP contribution in [0.2, 0.25) is 0 Å². The zero-order valence-corrected chi connectivity index (χ0v) is 18.6. The lowest BCUT2D eigenvalue weighted by Gasteiger charge is -2.17. The van der Waals surface area contributed by atoms with Gasteiger partial charge in [-0.05, 0) is 37.5 Å². The second-order valence-electron chi connectivity index (χ2n) is 6.25. The van der Waals surface area contributed by atoms with E-state index in [9.17, 15) is 4.79 Å². The van der Waals surface area contributed by atoms with Crippen LogP contribution in [0.25, 0.3) is 0 Å². The number of halogens is 1. The van der Waals surface area contributed by atoms with Gasteiger partial charge in [0.1, 0.15) is 0 Å². The number of nitrogens with zero attached hydrogens (tertiary/aromatic N) is 2. The number of methoxy groups -OCH3 is 1. The molecule has 0 saturated carbocycles. The standard InChI is InChI=1S/C19H31N5O2.HI/c1-3-20-19(23-15-18(25)24-11-4-5-12-24)22-14-16-6-8-17(9-7-16)21-10-13-26-2;/h6-9,21H,3-5,10-15H2,1-2H3,(H2,20,22,23);1H. The minimum Gasteiger partial charge on any atom is -0.383 e. The molecule has 0 aromatic heterocycles. The van der Waals surface area contributed by atoms with Crippen LogP contribution in [0, 0.1) is 0 Å². The molecule has 0 spiro atoms. The Morgan fingerprint density at radius 3 is 2.52 bits per heavy atom. The number of amides is 1. The Balaban J connectivity index is 0.00000364. The van der Waals surface area contributed by atoms with Crippen molar-refractivity contribution in [1.82, 2.24) is 15.5 Å². The van der Waals surface area contributed by atoms with E-state index >= 15 is 0 Å². The van der Waals surface area contributed by atoms with Gasteiger partial charge in [-0.3, -0.25) is 4.79 Å². The largest absolute Gasteiger partial charge is 0.383 e. The molecule has 1 heterocycles. The van der Waals surface area contributed by atoms with Crippen LogP contribution in [0.3, 0.4) is 0 Å². The summed E-state index contributed by atoms with van der Waals surface area (Å²) in [6.45, 7) is 6.83. The molecule has 0 aliphatic carbocycles. The van der Waals surface area contributed by atoms with Gasteiger partial charge < -0.3 is 25.6 Å². The fourth-order valence-electron chi connectivity index (χ4n) is 2.78. The topological polar surface area (TPSA) is 78.0 Å². The van der Waals surface area contributed by atoms with Crippen molar-refractivity contribution < 1.29 is 9.53 Å². The first kappa shape index (κ1) is 23.5. The average molecular weight is 489 g/mol. The van der Waals surface area contributed by atoms with Crippen molar-refractivity contribution in [1.29, 1.82) is 0 Å². The molecule has 1 fully saturated rings. The minimum absolute atomic E-state index is 0. The predicted octanol–water partition coefficient (Wildman–Crippen LogP) is 2.04. The first-order valence-corrected chi connectivity index (χ1v) is 9.34. The average Bonchev–Trinajstić information content (AvgIpc) is 3.20. The molecule has 3 N–H and O–H groups in total. The molecule has 152 valence electrons. The number of nitrogens with one attached hydrogen (secondary N) is 3. The van der Waals surface area contributed by atoms with Gasteiger partial charge in [0.25, 0.3) is 0 Å². The third kappa shape index (κ3) is 8.79. The Morgan fingerprint density at radius 2 is 1.89 bits per heavy atom. The number of guanidine groups is 1. The zero-order valence-electron chi connectivity index (χ0n) is 16.3. The Hall–Kier alpha value is -1.55. The molecule has 7 nitrogen and oxygen atoms in total. The maximum Gasteiger partial charge on any atom is 0.241 e. The fourth-order valence-corrected chi connectivity index (χ4v) is 2.78. The van der Waals surface area contributed by atoms with Crippen LogP contribution in [0.4, 0.5) is 5.69 Å². The van der Waals surface area contributed by atoms with Crippen molar-refractivity contribution in [3.05, 3.63) is 29.8 Å². The van der Waals surface area contributed by atoms with Crippen LogP contribution in [-0.4, -0.2) is 63.2 Å². The molecule has 27 heavy (non-hydrogen) atoms. The number of carbonyl (C=O) groups is 1. The number of likely N-dealkylation sites (tertiary alicyclic amines) is 1. The number of carbonyl (C=O) groups excluding carboxylic acids is 1. The van der Waals surface area contributed by atoms with Crippen LogP contribution in [0.1, 0.15) is 25.3 Å². The van der Waals surface area contributed by atoms with E-state index in [-0.39, 0.29) is 36.4 Å². The second kappa shape index (κ2) is 13.6. The molecular weight excluding hydrogens is 457 g/mol. The highest BCUT2D eigenvalue weighted by Gasteiger charge is 2.17. The lowest BCUT2D eigenvalue weighted by atomic mass is 10.2. The predicted molar refractivity (Wildman–Crippen MR) is 121 cm³/mol. The van der Waals surface area contributed by atoms with Gasteiger partial charge in [0, 0.05) is 39.0 Å². The van der Waals surface area contributed by atoms with E-state index in [1.165, 1.54) is 0 Å². The molecule has 1 saturated heterocycles. The molecule has 1 aromatic carbocycles. The van der Waals surface area contributed by atoms with Gasteiger partial charge in [-0.2, -0.15) is 0 Å². The Morgan fingerprint density at radius 1 is 1.19 bits per heavy atom. The molecular formula is C19H32IN5O2. The van der Waals surface area contributed by atoms with Crippen molar-refractivity contribution >= 4 is 41.5 Å². The van der Waals surface area contributed by atoms with E-state index in [2.05, 4.69) is 33.1 Å². The maximum absolute atomic E-state index is 12.1. The van der Waals surface area contributed by atoms with E-state index in [0.717, 1.165) is 50.3 Å². The second-order valence-corrected chi connectivity index (χ2v) is 6.25. The molecule has 0 atom stereocenters. The van der Waals surface area contributed by atoms with E-state index in [0.29, 0.717) is 19.1 Å². The van der Waals surface area contributed by atoms with Gasteiger partial charge in [0.2, 0.25) is 5.91 Å². The van der Waals surface area contributed by atoms with Crippen LogP contribution in [-0.2, 0) is 16.1 Å². The zero-order chi connectivity index (χ0) is 18.6. The normalized spacial score (nSPS) is 13.9. The van der Waals surface area contributed by atoms with Gasteiger partial charge >= 0.3 is 0 Å². The maximum atomic E-state index is 12.1. The van der Waals surface area contributed by atoms with Crippen LogP contribution in [0.5, 0.6) is 0 Å². The quantitative estimate of drug-likeness (QED) is 0.214. The molecule has 1 amide bonds. The molecule has 2 rings (SSSR count). The summed E-state index contributed by atoms with van der Waals surface area (Å²) in [6.07, 6.45) is 2.21. The number of aliphatic imine (C=N–C) groups is 1. The van der Waals surface area contributed by atoms with Crippen molar-refractivity contribution in [2.45, 2.75) is 26.3 Å². The number of hydrogen-bond donors (Lipinski definition) is 3. The van der Waals surface area contributed by atoms with Gasteiger partial charge in [-0.1, -0.05) is 12.1 Å². The number of rotatable bonds is 9. The Bertz CT molecular complexity index is 574. The third-order valence-corrected chi connectivity index (χ3v) is 4.22. The van der Waals surface area contributed by atoms with E-state index in [1.807, 2.05) is 24.0 Å². The van der Waals surface area contributed by atoms with Gasteiger partial charge in [0.15, 0.2) is 5.96 Å². The smallest absolute Gasteiger partial charge is 0.241 e. The molecule has 0 unspecified atom stereocenters. The fraction of sp³-hybridized carbons (Fsp3) is 0.579. The molecule has 1 aliphatic rings. The Labute approximate surface area is 179 Å². The lowest BCUT2D eigenvalue weighted by molar-refractivity contribution is -0.128. The summed E-state index contributed by atoms with van der Waals surface area (Å²) >= 11 is 0. The Kier molecular flexibility index (Phi) is 11.8. The first-order chi connectivity index (χ1) is 12.7. The monoisotopic (exact) mass is 489 g/mol. The van der Waals surface area contributed by atoms with E-state index in [4.69, 9.17) is 4.74 Å². The summed E-state index contributed by atoms with van der Waals surface area (Å²) in [6, 6.07) is 8.19. The SMILES string of the molecule is CCNC(=NCc1ccc(NCCOC)cc1)NCC(=O)N1CCCC1.I. The van der Waals surface area contributed by atoms with Crippen molar-refractivity contribution in [2.24, 2.45) is 4.99 Å². The number of benzene rings is 1. The van der Waals surface area contributed by atoms with Crippen molar-refractivity contribution in [3.8, 4) is 0 Å². The molecule has 8 heteroatoms. The molecule has 1 aliphatic heterocycles. The molecule has 0 bridgehead atoms. The molecule has 1 aromatic rings. The van der Waals surface area contributed by atoms with Crippen molar-refractivity contribution in [3.63, 3.8) is 0 Å². The molecule has 0 radical (unpaired) electrons. The van der Waals surface area contributed by atoms with Gasteiger partial charge in [-0.15, -0.1) is 24.0 Å². The van der Waals surface area contributed by atoms with Crippen LogP contribution in [0.15, 0.2) is 29.3 Å². The highest BCUT2D eigenvalue weighted by Crippen LogP contribution is 2.10. The highest BCUT2D eigenvalue weighted by atomic mass is 127. The summed E-state index contributed by atoms with van der Waals surface area (Å²) in [5, 5.41) is 9.61. The summed E-state index contributed by atoms with van der Waals surface area (Å²) in [4.78, 5) is 18.6. The summed E-state index contributed by atoms with van der Waals surface area (Å²) in [5.74, 6) is 0.807. The summed E-state index contributed by atoms with van der Waals surface area (Å²) in [5.41, 5.74) is 2.18. The van der Waals surface area contributed by atoms with Crippen LogP contribution < -0.4 is 16.0 Å². The van der Waals surface area contributed by atoms with Gasteiger partial charge in [0.05, 0.1) is 19.7 Å². The van der Waals surface area contributed by atoms with E-state index in [1.54, 1.807) is 7.11 Å². The summed E-state index contributed by atoms with van der Waals surface area (Å²) < 4.78 is 5.03. The van der Waals surface area contributed by atoms with Crippen molar-refractivity contribution in [2.75, 3.05) is 51.8 Å². The van der Waals surface area contributed by atoms with Gasteiger partial charge in [-0.25, -0.2) is 4.99 Å². The number of ether oxygens (including phenoxy) is 1. The highest BCUT2D eigenvalue weighted by molar-refractivity contribution is 14.0. The third-order valence-electron chi connectivity index (χ3n) is 4.22. The number of anilines is 1. The van der Waals surface area contributed by atoms with E-state index < -0.39 is 0 Å². The number of hydrogen-bond acceptors (Lipinski definition) is 4. The lowest BCUT2D eigenvalue weighted by Crippen LogP contribution is -2.44. The summed E-state index contributed by atoms with van der Waals surface area (Å²) in [7, 11) is 1.69. The first-order valence-electron chi connectivity index (χ1n) is 9.34. The van der Waals surface area contributed by atoms with Crippen LogP contribution >= 0.6 is 24.0 Å². The minimum atomic E-state index is 0.